The quantitative estimate of drug-likeness (QED) is 0.789. The van der Waals surface area contributed by atoms with E-state index in [1.807, 2.05) is 0 Å². The molecule has 3 heteroatoms. The first kappa shape index (κ1) is 16.8. The van der Waals surface area contributed by atoms with E-state index in [2.05, 4.69) is 67.1 Å². The molecule has 0 saturated heterocycles. The first-order valence-electron chi connectivity index (χ1n) is 8.14. The van der Waals surface area contributed by atoms with Gasteiger partial charge < -0.3 is 10.1 Å². The second-order valence-corrected chi connectivity index (χ2v) is 7.65. The molecule has 2 rings (SSSR count). The van der Waals surface area contributed by atoms with Gasteiger partial charge in [0.05, 0.1) is 6.10 Å². The number of hydrogen-bond acceptors (Lipinski definition) is 2. The Morgan fingerprint density at radius 2 is 2.00 bits per heavy atom. The van der Waals surface area contributed by atoms with Crippen LogP contribution in [0.15, 0.2) is 22.7 Å². The minimum atomic E-state index is 0.378. The summed E-state index contributed by atoms with van der Waals surface area (Å²) in [6.07, 6.45) is 4.02. The minimum absolute atomic E-state index is 0.378. The number of hydrogen-bond donors (Lipinski definition) is 1. The van der Waals surface area contributed by atoms with Crippen molar-refractivity contribution in [1.82, 2.24) is 5.32 Å². The maximum atomic E-state index is 6.23. The molecule has 3 atom stereocenters. The van der Waals surface area contributed by atoms with Crippen LogP contribution in [0.1, 0.15) is 52.5 Å². The normalized spacial score (nSPS) is 26.1. The molecular formula is C18H28BrNO. The molecule has 3 unspecified atom stereocenters. The second kappa shape index (κ2) is 7.64. The predicted octanol–water partition coefficient (Wildman–Crippen LogP) is 5.15. The highest BCUT2D eigenvalue weighted by Crippen LogP contribution is 2.32. The number of nitrogens with one attached hydrogen (secondary N) is 1. The molecule has 0 aromatic heterocycles. The Kier molecular flexibility index (Phi) is 6.12. The summed E-state index contributed by atoms with van der Waals surface area (Å²) in [6.45, 7) is 9.90. The van der Waals surface area contributed by atoms with Gasteiger partial charge in [0, 0.05) is 17.1 Å². The van der Waals surface area contributed by atoms with Crippen molar-refractivity contribution in [2.24, 2.45) is 11.8 Å². The third-order valence-corrected chi connectivity index (χ3v) is 5.34. The van der Waals surface area contributed by atoms with Gasteiger partial charge in [-0.15, -0.1) is 0 Å². The van der Waals surface area contributed by atoms with Gasteiger partial charge in [-0.3, -0.25) is 0 Å². The molecule has 1 aromatic carbocycles. The monoisotopic (exact) mass is 353 g/mol. The van der Waals surface area contributed by atoms with Crippen LogP contribution >= 0.6 is 15.9 Å². The molecule has 1 aliphatic carbocycles. The molecule has 0 amide bonds. The van der Waals surface area contributed by atoms with Crippen molar-refractivity contribution in [3.63, 3.8) is 0 Å². The van der Waals surface area contributed by atoms with E-state index < -0.39 is 0 Å². The molecule has 0 spiro atoms. The molecule has 0 radical (unpaired) electrons. The van der Waals surface area contributed by atoms with Crippen molar-refractivity contribution in [2.45, 2.75) is 65.6 Å². The van der Waals surface area contributed by atoms with Gasteiger partial charge in [-0.1, -0.05) is 43.6 Å². The van der Waals surface area contributed by atoms with Crippen molar-refractivity contribution in [1.29, 1.82) is 0 Å². The zero-order valence-corrected chi connectivity index (χ0v) is 15.2. The lowest BCUT2D eigenvalue weighted by molar-refractivity contribution is 0.100. The third kappa shape index (κ3) is 5.00. The highest BCUT2D eigenvalue weighted by molar-refractivity contribution is 9.10. The van der Waals surface area contributed by atoms with Gasteiger partial charge in [-0.25, -0.2) is 0 Å². The SMILES string of the molecule is CC(C)NCc1cc(OC2CCC(C)C(C)C2)ccc1Br. The van der Waals surface area contributed by atoms with Gasteiger partial charge >= 0.3 is 0 Å². The van der Waals surface area contributed by atoms with Crippen LogP contribution < -0.4 is 10.1 Å². The zero-order valence-electron chi connectivity index (χ0n) is 13.7. The molecule has 1 N–H and O–H groups in total. The van der Waals surface area contributed by atoms with E-state index in [-0.39, 0.29) is 0 Å². The third-order valence-electron chi connectivity index (χ3n) is 4.57. The number of rotatable bonds is 5. The van der Waals surface area contributed by atoms with Gasteiger partial charge in [0.1, 0.15) is 5.75 Å². The maximum absolute atomic E-state index is 6.23. The second-order valence-electron chi connectivity index (χ2n) is 6.80. The Balaban J connectivity index is 1.98. The van der Waals surface area contributed by atoms with Crippen molar-refractivity contribution < 1.29 is 4.74 Å². The van der Waals surface area contributed by atoms with E-state index in [0.29, 0.717) is 12.1 Å². The minimum Gasteiger partial charge on any atom is -0.490 e. The lowest BCUT2D eigenvalue weighted by Crippen LogP contribution is -2.28. The Labute approximate surface area is 137 Å². The first-order chi connectivity index (χ1) is 9.95. The topological polar surface area (TPSA) is 21.3 Å². The van der Waals surface area contributed by atoms with Crippen molar-refractivity contribution >= 4 is 15.9 Å². The van der Waals surface area contributed by atoms with Gasteiger partial charge in [0.2, 0.25) is 0 Å². The zero-order chi connectivity index (χ0) is 15.4. The summed E-state index contributed by atoms with van der Waals surface area (Å²) in [7, 11) is 0. The lowest BCUT2D eigenvalue weighted by atomic mass is 9.80. The molecule has 118 valence electrons. The summed E-state index contributed by atoms with van der Waals surface area (Å²) < 4.78 is 7.37. The molecule has 21 heavy (non-hydrogen) atoms. The molecule has 1 aromatic rings. The smallest absolute Gasteiger partial charge is 0.120 e. The van der Waals surface area contributed by atoms with Crippen molar-refractivity contribution in [3.8, 4) is 5.75 Å². The highest BCUT2D eigenvalue weighted by atomic mass is 79.9. The fraction of sp³-hybridized carbons (Fsp3) is 0.667. The highest BCUT2D eigenvalue weighted by Gasteiger charge is 2.25. The van der Waals surface area contributed by atoms with Crippen LogP contribution in [0.25, 0.3) is 0 Å². The summed E-state index contributed by atoms with van der Waals surface area (Å²) in [6, 6.07) is 6.83. The van der Waals surface area contributed by atoms with Gasteiger partial charge in [-0.05, 0) is 54.9 Å². The Bertz CT molecular complexity index is 461. The van der Waals surface area contributed by atoms with Crippen molar-refractivity contribution in [2.75, 3.05) is 0 Å². The average molecular weight is 354 g/mol. The summed E-state index contributed by atoms with van der Waals surface area (Å²) in [4.78, 5) is 0. The molecule has 0 aliphatic heterocycles. The summed E-state index contributed by atoms with van der Waals surface area (Å²) in [5.74, 6) is 2.60. The Morgan fingerprint density at radius 1 is 1.24 bits per heavy atom. The first-order valence-corrected chi connectivity index (χ1v) is 8.93. The fourth-order valence-corrected chi connectivity index (χ4v) is 3.26. The van der Waals surface area contributed by atoms with Crippen LogP contribution in [0.5, 0.6) is 5.75 Å². The molecule has 1 fully saturated rings. The largest absolute Gasteiger partial charge is 0.490 e. The molecular weight excluding hydrogens is 326 g/mol. The van der Waals surface area contributed by atoms with Gasteiger partial charge in [0.15, 0.2) is 0 Å². The fourth-order valence-electron chi connectivity index (χ4n) is 2.87. The molecule has 0 bridgehead atoms. The van der Waals surface area contributed by atoms with E-state index in [4.69, 9.17) is 4.74 Å². The van der Waals surface area contributed by atoms with E-state index in [9.17, 15) is 0 Å². The standard InChI is InChI=1S/C18H28BrNO/c1-12(2)20-11-15-10-17(7-8-18(15)19)21-16-6-5-13(3)14(4)9-16/h7-8,10,12-14,16,20H,5-6,9,11H2,1-4H3. The predicted molar refractivity (Wildman–Crippen MR) is 92.7 cm³/mol. The van der Waals surface area contributed by atoms with E-state index >= 15 is 0 Å². The Morgan fingerprint density at radius 3 is 2.67 bits per heavy atom. The van der Waals surface area contributed by atoms with Crippen LogP contribution in [-0.4, -0.2) is 12.1 Å². The number of benzene rings is 1. The van der Waals surface area contributed by atoms with E-state index in [1.165, 1.54) is 24.8 Å². The average Bonchev–Trinajstić information content (AvgIpc) is 2.43. The molecule has 0 heterocycles. The molecule has 2 nitrogen and oxygen atoms in total. The molecule has 1 saturated carbocycles. The van der Waals surface area contributed by atoms with Gasteiger partial charge in [-0.2, -0.15) is 0 Å². The van der Waals surface area contributed by atoms with Crippen LogP contribution in [0.4, 0.5) is 0 Å². The summed E-state index contributed by atoms with van der Waals surface area (Å²) in [5, 5.41) is 3.46. The summed E-state index contributed by atoms with van der Waals surface area (Å²) >= 11 is 3.63. The summed E-state index contributed by atoms with van der Waals surface area (Å²) in [5.41, 5.74) is 1.26. The van der Waals surface area contributed by atoms with Crippen LogP contribution in [-0.2, 0) is 6.54 Å². The maximum Gasteiger partial charge on any atom is 0.120 e. The number of halogens is 1. The molecule has 1 aliphatic rings. The van der Waals surface area contributed by atoms with Crippen LogP contribution in [0.3, 0.4) is 0 Å². The van der Waals surface area contributed by atoms with E-state index in [0.717, 1.165) is 28.6 Å². The van der Waals surface area contributed by atoms with Crippen LogP contribution in [0, 0.1) is 11.8 Å². The number of ether oxygens (including phenoxy) is 1. The van der Waals surface area contributed by atoms with Crippen LogP contribution in [0.2, 0.25) is 0 Å². The van der Waals surface area contributed by atoms with Gasteiger partial charge in [0.25, 0.3) is 0 Å². The lowest BCUT2D eigenvalue weighted by Gasteiger charge is -2.32. The Hall–Kier alpha value is -0.540. The van der Waals surface area contributed by atoms with E-state index in [1.54, 1.807) is 0 Å². The van der Waals surface area contributed by atoms with Crippen molar-refractivity contribution in [3.05, 3.63) is 28.2 Å².